The van der Waals surface area contributed by atoms with Crippen molar-refractivity contribution < 1.29 is 15.3 Å². The van der Waals surface area contributed by atoms with Gasteiger partial charge in [0, 0.05) is 19.6 Å². The highest BCUT2D eigenvalue weighted by atomic mass is 16.3. The van der Waals surface area contributed by atoms with Gasteiger partial charge in [0.05, 0.1) is 12.2 Å². The van der Waals surface area contributed by atoms with Gasteiger partial charge in [-0.1, -0.05) is 6.07 Å². The number of hydrogen-bond donors (Lipinski definition) is 3. The number of phenols is 1. The van der Waals surface area contributed by atoms with E-state index in [2.05, 4.69) is 4.90 Å². The number of aliphatic hydroxyl groups excluding tert-OH is 2. The largest absolute Gasteiger partial charge is 0.508 e. The number of aliphatic hydroxyl groups is 2. The highest BCUT2D eigenvalue weighted by molar-refractivity contribution is 5.35. The fourth-order valence-electron chi connectivity index (χ4n) is 2.34. The second-order valence-electron chi connectivity index (χ2n) is 5.09. The summed E-state index contributed by atoms with van der Waals surface area (Å²) in [6.07, 6.45) is 0.830. The minimum Gasteiger partial charge on any atom is -0.508 e. The van der Waals surface area contributed by atoms with Crippen molar-refractivity contribution in [2.24, 2.45) is 0 Å². The van der Waals surface area contributed by atoms with Gasteiger partial charge >= 0.3 is 0 Å². The number of phenolic OH excluding ortho intramolecular Hbond substituents is 1. The Hall–Kier alpha value is -1.10. The van der Waals surface area contributed by atoms with Crippen LogP contribution in [0.2, 0.25) is 0 Å². The quantitative estimate of drug-likeness (QED) is 0.755. The summed E-state index contributed by atoms with van der Waals surface area (Å²) in [6, 6.07) is 5.19. The van der Waals surface area contributed by atoms with E-state index in [0.717, 1.165) is 37.1 Å². The molecular weight excluding hydrogens is 230 g/mol. The topological polar surface area (TPSA) is 63.9 Å². The lowest BCUT2D eigenvalue weighted by atomic mass is 10.0. The Morgan fingerprint density at radius 2 is 2.00 bits per heavy atom. The third-order valence-electron chi connectivity index (χ3n) is 3.59. The fourth-order valence-corrected chi connectivity index (χ4v) is 2.34. The maximum Gasteiger partial charge on any atom is 0.118 e. The molecule has 1 aliphatic heterocycles. The predicted molar refractivity (Wildman–Crippen MR) is 69.5 cm³/mol. The van der Waals surface area contributed by atoms with E-state index in [9.17, 15) is 15.3 Å². The van der Waals surface area contributed by atoms with E-state index in [1.54, 1.807) is 12.1 Å². The summed E-state index contributed by atoms with van der Waals surface area (Å²) in [5, 5.41) is 29.1. The lowest BCUT2D eigenvalue weighted by molar-refractivity contribution is 0.0508. The molecule has 1 aliphatic rings. The lowest BCUT2D eigenvalue weighted by Gasteiger charge is -2.31. The zero-order valence-corrected chi connectivity index (χ0v) is 10.7. The van der Waals surface area contributed by atoms with Crippen molar-refractivity contribution in [2.75, 3.05) is 19.6 Å². The molecule has 0 aromatic heterocycles. The first-order chi connectivity index (χ1) is 8.56. The molecule has 0 bridgehead atoms. The van der Waals surface area contributed by atoms with Crippen molar-refractivity contribution in [1.82, 2.24) is 4.90 Å². The molecular formula is C14H21NO3. The molecule has 1 unspecified atom stereocenters. The highest BCUT2D eigenvalue weighted by Gasteiger charge is 2.20. The molecule has 0 radical (unpaired) electrons. The summed E-state index contributed by atoms with van der Waals surface area (Å²) in [5.41, 5.74) is 1.61. The van der Waals surface area contributed by atoms with Gasteiger partial charge < -0.3 is 20.2 Å². The van der Waals surface area contributed by atoms with Crippen LogP contribution in [0.3, 0.4) is 0 Å². The standard InChI is InChI=1S/C14H21NO3/c1-10-8-11(2-3-13(10)17)14(18)9-15-6-4-12(16)5-7-15/h2-3,8,12,14,16-18H,4-7,9H2,1H3. The molecule has 0 spiro atoms. The second-order valence-corrected chi connectivity index (χ2v) is 5.09. The minimum atomic E-state index is -0.542. The molecule has 18 heavy (non-hydrogen) atoms. The Bertz CT molecular complexity index is 400. The summed E-state index contributed by atoms with van der Waals surface area (Å²) in [5.74, 6) is 0.257. The van der Waals surface area contributed by atoms with Crippen LogP contribution >= 0.6 is 0 Å². The van der Waals surface area contributed by atoms with E-state index < -0.39 is 6.10 Å². The fraction of sp³-hybridized carbons (Fsp3) is 0.571. The third kappa shape index (κ3) is 3.22. The maximum absolute atomic E-state index is 10.2. The monoisotopic (exact) mass is 251 g/mol. The molecule has 100 valence electrons. The number of β-amino-alcohol motifs (C(OH)–C–C–N with tert-alkyl or cyclic N) is 1. The van der Waals surface area contributed by atoms with Gasteiger partial charge in [0.1, 0.15) is 5.75 Å². The minimum absolute atomic E-state index is 0.186. The second kappa shape index (κ2) is 5.69. The lowest BCUT2D eigenvalue weighted by Crippen LogP contribution is -2.38. The van der Waals surface area contributed by atoms with Crippen LogP contribution in [0.25, 0.3) is 0 Å². The van der Waals surface area contributed by atoms with Gasteiger partial charge in [-0.05, 0) is 43.0 Å². The van der Waals surface area contributed by atoms with Gasteiger partial charge in [0.15, 0.2) is 0 Å². The normalized spacial score (nSPS) is 19.9. The molecule has 1 atom stereocenters. The third-order valence-corrected chi connectivity index (χ3v) is 3.59. The van der Waals surface area contributed by atoms with E-state index in [-0.39, 0.29) is 11.9 Å². The van der Waals surface area contributed by atoms with Gasteiger partial charge in [-0.25, -0.2) is 0 Å². The number of piperidine rings is 1. The zero-order valence-electron chi connectivity index (χ0n) is 10.7. The number of hydrogen-bond acceptors (Lipinski definition) is 4. The van der Waals surface area contributed by atoms with E-state index >= 15 is 0 Å². The van der Waals surface area contributed by atoms with Crippen LogP contribution in [0.4, 0.5) is 0 Å². The van der Waals surface area contributed by atoms with Crippen LogP contribution in [0.1, 0.15) is 30.1 Å². The van der Waals surface area contributed by atoms with Crippen molar-refractivity contribution in [3.05, 3.63) is 29.3 Å². The number of aryl methyl sites for hydroxylation is 1. The van der Waals surface area contributed by atoms with Crippen molar-refractivity contribution in [3.8, 4) is 5.75 Å². The smallest absolute Gasteiger partial charge is 0.118 e. The Morgan fingerprint density at radius 1 is 1.33 bits per heavy atom. The van der Waals surface area contributed by atoms with Crippen LogP contribution < -0.4 is 0 Å². The number of benzene rings is 1. The molecule has 4 nitrogen and oxygen atoms in total. The van der Waals surface area contributed by atoms with Gasteiger partial charge in [-0.3, -0.25) is 0 Å². The molecule has 1 heterocycles. The molecule has 1 aromatic carbocycles. The summed E-state index contributed by atoms with van der Waals surface area (Å²) in [7, 11) is 0. The Morgan fingerprint density at radius 3 is 2.61 bits per heavy atom. The first kappa shape index (κ1) is 13.3. The molecule has 0 aliphatic carbocycles. The molecule has 1 saturated heterocycles. The van der Waals surface area contributed by atoms with E-state index in [0.29, 0.717) is 6.54 Å². The number of rotatable bonds is 3. The van der Waals surface area contributed by atoms with Crippen LogP contribution in [-0.2, 0) is 0 Å². The molecule has 4 heteroatoms. The van der Waals surface area contributed by atoms with Crippen molar-refractivity contribution in [3.63, 3.8) is 0 Å². The summed E-state index contributed by atoms with van der Waals surface area (Å²) in [6.45, 7) is 4.06. The van der Waals surface area contributed by atoms with Crippen molar-refractivity contribution in [1.29, 1.82) is 0 Å². The molecule has 1 aromatic rings. The SMILES string of the molecule is Cc1cc(C(O)CN2CCC(O)CC2)ccc1O. The average Bonchev–Trinajstić information content (AvgIpc) is 2.35. The Kier molecular flexibility index (Phi) is 4.22. The molecule has 3 N–H and O–H groups in total. The van der Waals surface area contributed by atoms with Crippen LogP contribution in [0.15, 0.2) is 18.2 Å². The molecule has 1 fully saturated rings. The number of aromatic hydroxyl groups is 1. The summed E-state index contributed by atoms with van der Waals surface area (Å²) in [4.78, 5) is 2.17. The first-order valence-corrected chi connectivity index (χ1v) is 6.44. The van der Waals surface area contributed by atoms with Crippen LogP contribution in [0.5, 0.6) is 5.75 Å². The van der Waals surface area contributed by atoms with E-state index in [4.69, 9.17) is 0 Å². The highest BCUT2D eigenvalue weighted by Crippen LogP contribution is 2.23. The van der Waals surface area contributed by atoms with Gasteiger partial charge in [0.2, 0.25) is 0 Å². The van der Waals surface area contributed by atoms with Gasteiger partial charge in [-0.15, -0.1) is 0 Å². The van der Waals surface area contributed by atoms with Crippen LogP contribution in [0, 0.1) is 6.92 Å². The number of likely N-dealkylation sites (tertiary alicyclic amines) is 1. The van der Waals surface area contributed by atoms with E-state index in [1.165, 1.54) is 0 Å². The molecule has 0 amide bonds. The zero-order chi connectivity index (χ0) is 13.1. The predicted octanol–water partition coefficient (Wildman–Crippen LogP) is 1.19. The number of nitrogens with zero attached hydrogens (tertiary/aromatic N) is 1. The molecule has 0 saturated carbocycles. The Balaban J connectivity index is 1.94. The summed E-state index contributed by atoms with van der Waals surface area (Å²) >= 11 is 0. The van der Waals surface area contributed by atoms with Crippen LogP contribution in [-0.4, -0.2) is 46.0 Å². The first-order valence-electron chi connectivity index (χ1n) is 6.44. The maximum atomic E-state index is 10.2. The van der Waals surface area contributed by atoms with Gasteiger partial charge in [0.25, 0.3) is 0 Å². The molecule has 2 rings (SSSR count). The Labute approximate surface area is 107 Å². The average molecular weight is 251 g/mol. The van der Waals surface area contributed by atoms with E-state index in [1.807, 2.05) is 13.0 Å². The van der Waals surface area contributed by atoms with Gasteiger partial charge in [-0.2, -0.15) is 0 Å². The van der Waals surface area contributed by atoms with Crippen molar-refractivity contribution >= 4 is 0 Å². The summed E-state index contributed by atoms with van der Waals surface area (Å²) < 4.78 is 0. The van der Waals surface area contributed by atoms with Crippen molar-refractivity contribution in [2.45, 2.75) is 32.0 Å².